The van der Waals surface area contributed by atoms with Crippen LogP contribution in [0.25, 0.3) is 0 Å². The van der Waals surface area contributed by atoms with Crippen molar-refractivity contribution in [2.45, 2.75) is 32.7 Å². The largest absolute Gasteiger partial charge is 0.481 e. The van der Waals surface area contributed by atoms with Crippen molar-refractivity contribution in [1.29, 1.82) is 0 Å². The SMILES string of the molecule is CCc1nnsc1C(=O)N1CCC(C(=O)O)C1C. The van der Waals surface area contributed by atoms with Gasteiger partial charge in [-0.05, 0) is 31.3 Å². The molecule has 1 aliphatic rings. The molecule has 1 aliphatic heterocycles. The quantitative estimate of drug-likeness (QED) is 0.886. The fourth-order valence-corrected chi connectivity index (χ4v) is 3.00. The Kier molecular flexibility index (Phi) is 3.60. The Morgan fingerprint density at radius 2 is 2.28 bits per heavy atom. The van der Waals surface area contributed by atoms with Crippen LogP contribution in [-0.2, 0) is 11.2 Å². The lowest BCUT2D eigenvalue weighted by molar-refractivity contribution is -0.142. The predicted molar refractivity (Wildman–Crippen MR) is 65.5 cm³/mol. The summed E-state index contributed by atoms with van der Waals surface area (Å²) in [5.41, 5.74) is 0.691. The number of aliphatic carboxylic acids is 1. The molecule has 2 atom stereocenters. The van der Waals surface area contributed by atoms with E-state index in [-0.39, 0.29) is 11.9 Å². The number of carboxylic acid groups (broad SMARTS) is 1. The number of amides is 1. The normalized spacial score (nSPS) is 23.3. The minimum absolute atomic E-state index is 0.141. The van der Waals surface area contributed by atoms with E-state index in [1.165, 1.54) is 0 Å². The highest BCUT2D eigenvalue weighted by Crippen LogP contribution is 2.27. The molecule has 0 radical (unpaired) electrons. The van der Waals surface area contributed by atoms with Gasteiger partial charge in [0.05, 0.1) is 11.6 Å². The minimum atomic E-state index is -0.837. The Morgan fingerprint density at radius 3 is 2.83 bits per heavy atom. The van der Waals surface area contributed by atoms with Crippen LogP contribution >= 0.6 is 11.5 Å². The van der Waals surface area contributed by atoms with E-state index in [4.69, 9.17) is 5.11 Å². The van der Waals surface area contributed by atoms with Crippen molar-refractivity contribution in [2.75, 3.05) is 6.54 Å². The van der Waals surface area contributed by atoms with E-state index >= 15 is 0 Å². The molecule has 6 nitrogen and oxygen atoms in total. The highest BCUT2D eigenvalue weighted by atomic mass is 32.1. The van der Waals surface area contributed by atoms with Gasteiger partial charge < -0.3 is 10.0 Å². The summed E-state index contributed by atoms with van der Waals surface area (Å²) < 4.78 is 3.79. The summed E-state index contributed by atoms with van der Waals surface area (Å²) in [5.74, 6) is -1.45. The Morgan fingerprint density at radius 1 is 1.56 bits per heavy atom. The number of nitrogens with zero attached hydrogens (tertiary/aromatic N) is 3. The van der Waals surface area contributed by atoms with E-state index in [0.29, 0.717) is 30.0 Å². The summed E-state index contributed by atoms with van der Waals surface area (Å²) in [6, 6.07) is -0.276. The van der Waals surface area contributed by atoms with Crippen LogP contribution in [0.15, 0.2) is 0 Å². The maximum absolute atomic E-state index is 12.3. The van der Waals surface area contributed by atoms with E-state index in [1.807, 2.05) is 6.92 Å². The molecule has 2 unspecified atom stereocenters. The lowest BCUT2D eigenvalue weighted by atomic mass is 10.0. The number of hydrogen-bond donors (Lipinski definition) is 1. The first-order valence-corrected chi connectivity index (χ1v) is 6.68. The highest BCUT2D eigenvalue weighted by Gasteiger charge is 2.39. The molecule has 1 aromatic heterocycles. The molecule has 98 valence electrons. The number of likely N-dealkylation sites (tertiary alicyclic amines) is 1. The highest BCUT2D eigenvalue weighted by molar-refractivity contribution is 7.08. The zero-order chi connectivity index (χ0) is 13.3. The van der Waals surface area contributed by atoms with Crippen molar-refractivity contribution in [3.8, 4) is 0 Å². The minimum Gasteiger partial charge on any atom is -0.481 e. The first kappa shape index (κ1) is 12.9. The van der Waals surface area contributed by atoms with Crippen molar-refractivity contribution in [3.05, 3.63) is 10.6 Å². The van der Waals surface area contributed by atoms with Gasteiger partial charge >= 0.3 is 5.97 Å². The summed E-state index contributed by atoms with van der Waals surface area (Å²) >= 11 is 1.08. The number of aromatic nitrogens is 2. The molecule has 7 heteroatoms. The maximum atomic E-state index is 12.3. The molecule has 2 heterocycles. The Labute approximate surface area is 109 Å². The maximum Gasteiger partial charge on any atom is 0.308 e. The Bertz CT molecular complexity index is 474. The molecule has 1 N–H and O–H groups in total. The first-order chi connectivity index (χ1) is 8.56. The lowest BCUT2D eigenvalue weighted by Gasteiger charge is -2.22. The summed E-state index contributed by atoms with van der Waals surface area (Å²) in [4.78, 5) is 25.5. The number of carboxylic acids is 1. The fourth-order valence-electron chi connectivity index (χ4n) is 2.29. The zero-order valence-corrected chi connectivity index (χ0v) is 11.1. The predicted octanol–water partition coefficient (Wildman–Crippen LogP) is 1.04. The molecular weight excluding hydrogens is 254 g/mol. The second-order valence-corrected chi connectivity index (χ2v) is 5.13. The van der Waals surface area contributed by atoms with Crippen molar-refractivity contribution in [3.63, 3.8) is 0 Å². The van der Waals surface area contributed by atoms with E-state index in [0.717, 1.165) is 11.5 Å². The third-order valence-corrected chi connectivity index (χ3v) is 4.17. The second kappa shape index (κ2) is 5.01. The third kappa shape index (κ3) is 2.10. The van der Waals surface area contributed by atoms with Crippen molar-refractivity contribution >= 4 is 23.4 Å². The lowest BCUT2D eigenvalue weighted by Crippen LogP contribution is -2.37. The first-order valence-electron chi connectivity index (χ1n) is 5.91. The molecule has 2 rings (SSSR count). The van der Waals surface area contributed by atoms with Crippen LogP contribution in [-0.4, -0.2) is 44.1 Å². The molecule has 18 heavy (non-hydrogen) atoms. The number of carbonyl (C=O) groups excluding carboxylic acids is 1. The number of aryl methyl sites for hydroxylation is 1. The van der Waals surface area contributed by atoms with Gasteiger partial charge in [0.2, 0.25) is 0 Å². The van der Waals surface area contributed by atoms with Gasteiger partial charge in [-0.3, -0.25) is 9.59 Å². The Hall–Kier alpha value is -1.50. The van der Waals surface area contributed by atoms with Gasteiger partial charge in [0.25, 0.3) is 5.91 Å². The molecule has 1 aromatic rings. The van der Waals surface area contributed by atoms with E-state index in [9.17, 15) is 9.59 Å². The summed E-state index contributed by atoms with van der Waals surface area (Å²) in [6.45, 7) is 4.18. The van der Waals surface area contributed by atoms with Crippen LogP contribution in [0.2, 0.25) is 0 Å². The molecule has 0 spiro atoms. The van der Waals surface area contributed by atoms with Gasteiger partial charge in [-0.15, -0.1) is 5.10 Å². The standard InChI is InChI=1S/C11H15N3O3S/c1-3-8-9(18-13-12-8)10(15)14-5-4-7(6(14)2)11(16)17/h6-7H,3-5H2,1-2H3,(H,16,17). The van der Waals surface area contributed by atoms with E-state index in [2.05, 4.69) is 9.59 Å². The monoisotopic (exact) mass is 269 g/mol. The van der Waals surface area contributed by atoms with Crippen LogP contribution < -0.4 is 0 Å². The number of rotatable bonds is 3. The van der Waals surface area contributed by atoms with Crippen LogP contribution in [0.4, 0.5) is 0 Å². The number of carbonyl (C=O) groups is 2. The summed E-state index contributed by atoms with van der Waals surface area (Å²) in [6.07, 6.45) is 1.16. The molecule has 1 saturated heterocycles. The van der Waals surface area contributed by atoms with E-state index < -0.39 is 11.9 Å². The second-order valence-electron chi connectivity index (χ2n) is 4.37. The van der Waals surface area contributed by atoms with Gasteiger partial charge in [0.1, 0.15) is 4.88 Å². The topological polar surface area (TPSA) is 83.4 Å². The van der Waals surface area contributed by atoms with Gasteiger partial charge in [-0.1, -0.05) is 11.4 Å². The van der Waals surface area contributed by atoms with Gasteiger partial charge in [0, 0.05) is 12.6 Å². The van der Waals surface area contributed by atoms with E-state index in [1.54, 1.807) is 11.8 Å². The average molecular weight is 269 g/mol. The molecule has 1 amide bonds. The smallest absolute Gasteiger partial charge is 0.308 e. The van der Waals surface area contributed by atoms with Crippen LogP contribution in [0.5, 0.6) is 0 Å². The molecule has 0 aromatic carbocycles. The molecule has 0 aliphatic carbocycles. The third-order valence-electron chi connectivity index (χ3n) is 3.42. The zero-order valence-electron chi connectivity index (χ0n) is 10.3. The molecular formula is C11H15N3O3S. The summed E-state index contributed by atoms with van der Waals surface area (Å²) in [5, 5.41) is 13.0. The molecule has 1 fully saturated rings. The summed E-state index contributed by atoms with van der Waals surface area (Å²) in [7, 11) is 0. The number of hydrogen-bond acceptors (Lipinski definition) is 5. The fraction of sp³-hybridized carbons (Fsp3) is 0.636. The van der Waals surface area contributed by atoms with Crippen LogP contribution in [0.1, 0.15) is 35.6 Å². The Balaban J connectivity index is 2.18. The van der Waals surface area contributed by atoms with Crippen molar-refractivity contribution in [2.24, 2.45) is 5.92 Å². The van der Waals surface area contributed by atoms with Crippen molar-refractivity contribution in [1.82, 2.24) is 14.5 Å². The van der Waals surface area contributed by atoms with Gasteiger partial charge in [-0.2, -0.15) is 0 Å². The molecule has 0 bridgehead atoms. The van der Waals surface area contributed by atoms with Crippen LogP contribution in [0, 0.1) is 5.92 Å². The van der Waals surface area contributed by atoms with Gasteiger partial charge in [-0.25, -0.2) is 0 Å². The van der Waals surface area contributed by atoms with Crippen molar-refractivity contribution < 1.29 is 14.7 Å². The molecule has 0 saturated carbocycles. The van der Waals surface area contributed by atoms with Crippen LogP contribution in [0.3, 0.4) is 0 Å². The van der Waals surface area contributed by atoms with Gasteiger partial charge in [0.15, 0.2) is 0 Å². The average Bonchev–Trinajstić information content (AvgIpc) is 2.93.